The zero-order valence-electron chi connectivity index (χ0n) is 14.5. The van der Waals surface area contributed by atoms with Crippen molar-refractivity contribution in [3.8, 4) is 0 Å². The summed E-state index contributed by atoms with van der Waals surface area (Å²) >= 11 is 1.81. The minimum Gasteiger partial charge on any atom is -0.393 e. The summed E-state index contributed by atoms with van der Waals surface area (Å²) in [6.07, 6.45) is 2.64. The fourth-order valence-corrected chi connectivity index (χ4v) is 3.82. The van der Waals surface area contributed by atoms with Gasteiger partial charge in [-0.25, -0.2) is 4.79 Å². The van der Waals surface area contributed by atoms with Gasteiger partial charge in [-0.2, -0.15) is 0 Å². The number of thioether (sulfide) groups is 1. The van der Waals surface area contributed by atoms with Crippen molar-refractivity contribution in [3.63, 3.8) is 0 Å². The molecule has 0 bridgehead atoms. The van der Waals surface area contributed by atoms with E-state index in [1.165, 1.54) is 4.90 Å². The Bertz CT molecular complexity index is 525. The first-order valence-electron chi connectivity index (χ1n) is 8.24. The van der Waals surface area contributed by atoms with Crippen molar-refractivity contribution in [2.45, 2.75) is 55.8 Å². The fourth-order valence-electron chi connectivity index (χ4n) is 2.84. The summed E-state index contributed by atoms with van der Waals surface area (Å²) in [5.41, 5.74) is 0.798. The number of nitrogens with one attached hydrogen (secondary N) is 1. The second-order valence-electron chi connectivity index (χ2n) is 7.31. The van der Waals surface area contributed by atoms with Gasteiger partial charge in [0.2, 0.25) is 0 Å². The van der Waals surface area contributed by atoms with Gasteiger partial charge in [0.15, 0.2) is 0 Å². The van der Waals surface area contributed by atoms with Crippen molar-refractivity contribution in [2.24, 2.45) is 5.92 Å². The molecule has 23 heavy (non-hydrogen) atoms. The second kappa shape index (κ2) is 7.58. The van der Waals surface area contributed by atoms with Gasteiger partial charge in [-0.05, 0) is 37.1 Å². The largest absolute Gasteiger partial charge is 0.393 e. The standard InChI is InChI=1S/C18H28N2O2S/c1-18(2,3)23-15-10-8-14(9-11-15)19-17(22)20(4)12-13-6-5-7-16(13)21/h8-11,13,16,21H,5-7,12H2,1-4H3,(H,19,22). The molecule has 0 heterocycles. The maximum Gasteiger partial charge on any atom is 0.321 e. The Kier molecular flexibility index (Phi) is 5.98. The number of rotatable bonds is 4. The molecule has 2 rings (SSSR count). The highest BCUT2D eigenvalue weighted by Crippen LogP contribution is 2.32. The van der Waals surface area contributed by atoms with Crippen LogP contribution in [0.1, 0.15) is 40.0 Å². The lowest BCUT2D eigenvalue weighted by molar-refractivity contribution is 0.116. The number of hydrogen-bond donors (Lipinski definition) is 2. The second-order valence-corrected chi connectivity index (χ2v) is 9.21. The van der Waals surface area contributed by atoms with E-state index in [-0.39, 0.29) is 22.8 Å². The van der Waals surface area contributed by atoms with Gasteiger partial charge in [-0.1, -0.05) is 27.2 Å². The number of nitrogens with zero attached hydrogens (tertiary/aromatic N) is 1. The first-order valence-corrected chi connectivity index (χ1v) is 9.05. The molecular weight excluding hydrogens is 308 g/mol. The van der Waals surface area contributed by atoms with E-state index in [0.717, 1.165) is 24.9 Å². The van der Waals surface area contributed by atoms with Gasteiger partial charge in [0.05, 0.1) is 6.10 Å². The highest BCUT2D eigenvalue weighted by Gasteiger charge is 2.27. The minimum atomic E-state index is -0.265. The predicted octanol–water partition coefficient (Wildman–Crippen LogP) is 4.20. The number of amides is 2. The van der Waals surface area contributed by atoms with E-state index in [0.29, 0.717) is 6.54 Å². The number of hydrogen-bond acceptors (Lipinski definition) is 3. The number of benzene rings is 1. The Morgan fingerprint density at radius 1 is 1.30 bits per heavy atom. The van der Waals surface area contributed by atoms with E-state index >= 15 is 0 Å². The maximum atomic E-state index is 12.2. The Hall–Kier alpha value is -1.20. The summed E-state index contributed by atoms with van der Waals surface area (Å²) in [7, 11) is 1.78. The predicted molar refractivity (Wildman–Crippen MR) is 97.0 cm³/mol. The van der Waals surface area contributed by atoms with E-state index < -0.39 is 0 Å². The summed E-state index contributed by atoms with van der Waals surface area (Å²) in [4.78, 5) is 15.1. The molecule has 128 valence electrons. The lowest BCUT2D eigenvalue weighted by atomic mass is 10.1. The van der Waals surface area contributed by atoms with Crippen molar-refractivity contribution in [1.29, 1.82) is 0 Å². The molecule has 0 saturated heterocycles. The monoisotopic (exact) mass is 336 g/mol. The van der Waals surface area contributed by atoms with E-state index in [1.54, 1.807) is 23.7 Å². The van der Waals surface area contributed by atoms with Crippen molar-refractivity contribution < 1.29 is 9.90 Å². The maximum absolute atomic E-state index is 12.2. The van der Waals surface area contributed by atoms with Crippen LogP contribution < -0.4 is 5.32 Å². The molecule has 0 aromatic heterocycles. The van der Waals surface area contributed by atoms with Crippen molar-refractivity contribution in [3.05, 3.63) is 24.3 Å². The molecule has 0 radical (unpaired) electrons. The smallest absolute Gasteiger partial charge is 0.321 e. The van der Waals surface area contributed by atoms with Crippen LogP contribution in [0, 0.1) is 5.92 Å². The zero-order valence-corrected chi connectivity index (χ0v) is 15.3. The van der Waals surface area contributed by atoms with Gasteiger partial charge in [0, 0.05) is 34.8 Å². The average molecular weight is 337 g/mol. The molecule has 2 amide bonds. The molecule has 2 N–H and O–H groups in total. The molecule has 4 nitrogen and oxygen atoms in total. The van der Waals surface area contributed by atoms with E-state index in [1.807, 2.05) is 24.3 Å². The molecule has 2 unspecified atom stereocenters. The third-order valence-electron chi connectivity index (χ3n) is 4.00. The van der Waals surface area contributed by atoms with Crippen LogP contribution >= 0.6 is 11.8 Å². The van der Waals surface area contributed by atoms with Crippen LogP contribution in [0.4, 0.5) is 10.5 Å². The van der Waals surface area contributed by atoms with Gasteiger partial charge < -0.3 is 15.3 Å². The fraction of sp³-hybridized carbons (Fsp3) is 0.611. The van der Waals surface area contributed by atoms with Gasteiger partial charge in [-0.3, -0.25) is 0 Å². The van der Waals surface area contributed by atoms with E-state index in [4.69, 9.17) is 0 Å². The normalized spacial score (nSPS) is 21.3. The first-order chi connectivity index (χ1) is 10.7. The number of aliphatic hydroxyl groups excluding tert-OH is 1. The van der Waals surface area contributed by atoms with Gasteiger partial charge in [-0.15, -0.1) is 11.8 Å². The topological polar surface area (TPSA) is 52.6 Å². The minimum absolute atomic E-state index is 0.125. The Labute approximate surface area is 143 Å². The Morgan fingerprint density at radius 3 is 2.48 bits per heavy atom. The number of anilines is 1. The summed E-state index contributed by atoms with van der Waals surface area (Å²) in [5.74, 6) is 0.205. The molecule has 1 saturated carbocycles. The zero-order chi connectivity index (χ0) is 17.0. The van der Waals surface area contributed by atoms with Gasteiger partial charge in [0.1, 0.15) is 0 Å². The summed E-state index contributed by atoms with van der Waals surface area (Å²) < 4.78 is 0.174. The molecule has 5 heteroatoms. The van der Waals surface area contributed by atoms with Crippen molar-refractivity contribution in [2.75, 3.05) is 18.9 Å². The van der Waals surface area contributed by atoms with Crippen molar-refractivity contribution in [1.82, 2.24) is 4.90 Å². The van der Waals surface area contributed by atoms with Gasteiger partial charge in [0.25, 0.3) is 0 Å². The summed E-state index contributed by atoms with van der Waals surface area (Å²) in [6.45, 7) is 7.14. The van der Waals surface area contributed by atoms with Crippen LogP contribution in [0.25, 0.3) is 0 Å². The Morgan fingerprint density at radius 2 is 1.96 bits per heavy atom. The molecule has 1 aromatic rings. The van der Waals surface area contributed by atoms with Crippen LogP contribution in [0.2, 0.25) is 0 Å². The highest BCUT2D eigenvalue weighted by molar-refractivity contribution is 8.00. The number of aliphatic hydroxyl groups is 1. The van der Waals surface area contributed by atoms with Crippen LogP contribution in [0.5, 0.6) is 0 Å². The molecule has 1 aliphatic carbocycles. The SMILES string of the molecule is CN(CC1CCCC1O)C(=O)Nc1ccc(SC(C)(C)C)cc1. The average Bonchev–Trinajstić information content (AvgIpc) is 2.85. The van der Waals surface area contributed by atoms with Gasteiger partial charge >= 0.3 is 6.03 Å². The molecule has 1 fully saturated rings. The number of carbonyl (C=O) groups excluding carboxylic acids is 1. The molecule has 1 aromatic carbocycles. The summed E-state index contributed by atoms with van der Waals surface area (Å²) in [5, 5.41) is 12.8. The van der Waals surface area contributed by atoms with Crippen LogP contribution in [0.3, 0.4) is 0 Å². The quantitative estimate of drug-likeness (QED) is 0.810. The van der Waals surface area contributed by atoms with Crippen molar-refractivity contribution >= 4 is 23.5 Å². The lowest BCUT2D eigenvalue weighted by Crippen LogP contribution is -2.37. The Balaban J connectivity index is 1.87. The lowest BCUT2D eigenvalue weighted by Gasteiger charge is -2.23. The van der Waals surface area contributed by atoms with Crippen LogP contribution in [-0.2, 0) is 0 Å². The molecule has 1 aliphatic rings. The third kappa shape index (κ3) is 5.74. The molecule has 2 atom stereocenters. The first kappa shape index (κ1) is 18.1. The van der Waals surface area contributed by atoms with E-state index in [2.05, 4.69) is 26.1 Å². The highest BCUT2D eigenvalue weighted by atomic mass is 32.2. The molecule has 0 aliphatic heterocycles. The molecular formula is C18H28N2O2S. The van der Waals surface area contributed by atoms with E-state index in [9.17, 15) is 9.90 Å². The molecule has 0 spiro atoms. The van der Waals surface area contributed by atoms with Crippen LogP contribution in [0.15, 0.2) is 29.2 Å². The number of carbonyl (C=O) groups is 1. The third-order valence-corrected chi connectivity index (χ3v) is 5.12. The number of urea groups is 1. The van der Waals surface area contributed by atoms with Crippen LogP contribution in [-0.4, -0.2) is 40.5 Å². The summed E-state index contributed by atoms with van der Waals surface area (Å²) in [6, 6.07) is 7.81.